The van der Waals surface area contributed by atoms with Crippen molar-refractivity contribution in [2.45, 2.75) is 18.7 Å². The summed E-state index contributed by atoms with van der Waals surface area (Å²) in [6.07, 6.45) is 1.87. The molecule has 0 unspecified atom stereocenters. The summed E-state index contributed by atoms with van der Waals surface area (Å²) in [5, 5.41) is 2.66. The van der Waals surface area contributed by atoms with E-state index in [4.69, 9.17) is 0 Å². The molecule has 0 radical (unpaired) electrons. The van der Waals surface area contributed by atoms with E-state index in [0.29, 0.717) is 5.82 Å². The first-order valence-electron chi connectivity index (χ1n) is 7.81. The van der Waals surface area contributed by atoms with Crippen LogP contribution in [0.25, 0.3) is 0 Å². The maximum atomic E-state index is 12.3. The molecule has 0 aromatic heterocycles. The molecule has 0 saturated heterocycles. The maximum absolute atomic E-state index is 12.3. The molecule has 2 aromatic rings. The van der Waals surface area contributed by atoms with E-state index < -0.39 is 37.1 Å². The fraction of sp³-hybridized carbons (Fsp3) is 0.111. The number of nitrogens with zero attached hydrogens (tertiary/aromatic N) is 1. The summed E-state index contributed by atoms with van der Waals surface area (Å²) in [5.41, 5.74) is 1.91. The van der Waals surface area contributed by atoms with Crippen LogP contribution < -0.4 is 13.2 Å². The lowest BCUT2D eigenvalue weighted by molar-refractivity contribution is 0.248. The van der Waals surface area contributed by atoms with Gasteiger partial charge in [0, 0.05) is 24.5 Å². The number of anilines is 1. The van der Waals surface area contributed by atoms with E-state index in [0.717, 1.165) is 11.3 Å². The molecule has 26 heavy (non-hydrogen) atoms. The first-order chi connectivity index (χ1) is 12.3. The summed E-state index contributed by atoms with van der Waals surface area (Å²) in [4.78, 5) is 12.3. The Morgan fingerprint density at radius 2 is 1.65 bits per heavy atom. The largest absolute Gasteiger partial charge is 0.334 e. The molecule has 0 bridgehead atoms. The highest BCUT2D eigenvalue weighted by molar-refractivity contribution is 14.2. The Morgan fingerprint density at radius 1 is 1.00 bits per heavy atom. The molecule has 1 heterocycles. The van der Waals surface area contributed by atoms with Gasteiger partial charge in [-0.05, 0) is 44.2 Å². The van der Waals surface area contributed by atoms with Gasteiger partial charge in [-0.1, -0.05) is 35.9 Å². The van der Waals surface area contributed by atoms with Crippen LogP contribution in [0.15, 0.2) is 71.4 Å². The number of carbonyl (C=O) groups is 1. The summed E-state index contributed by atoms with van der Waals surface area (Å²) in [5.74, 6) is 0.582. The summed E-state index contributed by atoms with van der Waals surface area (Å²) < 4.78 is 29.9. The number of para-hydroxylation sites is 1. The topological polar surface area (TPSA) is 78.5 Å². The molecule has 0 spiro atoms. The molecule has 136 valence electrons. The fourth-order valence-electron chi connectivity index (χ4n) is 2.32. The van der Waals surface area contributed by atoms with Crippen molar-refractivity contribution in [2.75, 3.05) is 3.11 Å². The van der Waals surface area contributed by atoms with Gasteiger partial charge in [0.15, 0.2) is 0 Å². The zero-order valence-corrected chi connectivity index (χ0v) is 17.2. The molecule has 2 amide bonds. The number of halogens is 1. The lowest BCUT2D eigenvalue weighted by Crippen LogP contribution is -2.41. The number of urea groups is 1. The molecule has 1 aliphatic heterocycles. The molecular formula is C18H18IN3O3S. The quantitative estimate of drug-likeness (QED) is 0.516. The van der Waals surface area contributed by atoms with Crippen LogP contribution in [0.3, 0.4) is 0 Å². The Kier molecular flexibility index (Phi) is 5.42. The van der Waals surface area contributed by atoms with Crippen molar-refractivity contribution >= 4 is 46.3 Å². The summed E-state index contributed by atoms with van der Waals surface area (Å²) in [6, 6.07) is 15.2. The average Bonchev–Trinajstić information content (AvgIpc) is 2.95. The third kappa shape index (κ3) is 4.31. The first kappa shape index (κ1) is 18.6. The van der Waals surface area contributed by atoms with E-state index in [2.05, 4.69) is 10.0 Å². The minimum absolute atomic E-state index is 0.0498. The normalized spacial score (nSPS) is 14.2. The highest BCUT2D eigenvalue weighted by atomic mass is 127. The minimum atomic E-state index is -3.92. The Hall–Kier alpha value is -2.20. The van der Waals surface area contributed by atoms with Crippen molar-refractivity contribution in [2.24, 2.45) is 0 Å². The molecule has 6 nitrogen and oxygen atoms in total. The van der Waals surface area contributed by atoms with Crippen LogP contribution >= 0.6 is 21.0 Å². The third-order valence-corrected chi connectivity index (χ3v) is 7.53. The van der Waals surface area contributed by atoms with Gasteiger partial charge in [0.1, 0.15) is 5.82 Å². The third-order valence-electron chi connectivity index (χ3n) is 3.55. The van der Waals surface area contributed by atoms with Crippen LogP contribution in [0.1, 0.15) is 12.5 Å². The second-order valence-electron chi connectivity index (χ2n) is 5.69. The summed E-state index contributed by atoms with van der Waals surface area (Å²) in [7, 11) is -3.92. The zero-order valence-electron chi connectivity index (χ0n) is 14.2. The number of amides is 2. The van der Waals surface area contributed by atoms with Crippen LogP contribution in [0, 0.1) is 6.92 Å². The van der Waals surface area contributed by atoms with Crippen molar-refractivity contribution in [3.8, 4) is 0 Å². The monoisotopic (exact) mass is 483 g/mol. The number of sulfonamides is 1. The van der Waals surface area contributed by atoms with Gasteiger partial charge in [-0.25, -0.2) is 17.9 Å². The van der Waals surface area contributed by atoms with Crippen molar-refractivity contribution in [3.63, 3.8) is 0 Å². The molecule has 3 rings (SSSR count). The number of hydrogen-bond acceptors (Lipinski definition) is 4. The standard InChI is InChI=1S/C18H18IN3O3S/c1-13-8-10-16(11-9-13)26(24,25)21-18(23)20-17-12-14(2)19-22(17)15-6-4-3-5-7-15/h3-12H,1-2H3,(H2,20,21,23). The molecule has 0 saturated carbocycles. The zero-order chi connectivity index (χ0) is 18.7. The lowest BCUT2D eigenvalue weighted by atomic mass is 10.2. The second kappa shape index (κ2) is 7.58. The van der Waals surface area contributed by atoms with Gasteiger partial charge in [-0.15, -0.1) is 0 Å². The predicted molar refractivity (Wildman–Crippen MR) is 112 cm³/mol. The first-order valence-corrected chi connectivity index (χ1v) is 11.3. The highest BCUT2D eigenvalue weighted by Crippen LogP contribution is 2.31. The fourth-order valence-corrected chi connectivity index (χ4v) is 5.54. The molecule has 1 aliphatic rings. The van der Waals surface area contributed by atoms with Gasteiger partial charge in [0.25, 0.3) is 10.0 Å². The Labute approximate surface area is 163 Å². The van der Waals surface area contributed by atoms with Gasteiger partial charge in [0.05, 0.1) is 10.6 Å². The van der Waals surface area contributed by atoms with E-state index in [-0.39, 0.29) is 4.90 Å². The van der Waals surface area contributed by atoms with Crippen molar-refractivity contribution in [1.29, 1.82) is 0 Å². The van der Waals surface area contributed by atoms with E-state index in [9.17, 15) is 13.2 Å². The Balaban J connectivity index is 1.73. The smallest absolute Gasteiger partial charge is 0.292 e. The van der Waals surface area contributed by atoms with E-state index in [1.807, 2.05) is 53.4 Å². The van der Waals surface area contributed by atoms with Crippen molar-refractivity contribution < 1.29 is 13.2 Å². The average molecular weight is 483 g/mol. The Morgan fingerprint density at radius 3 is 2.31 bits per heavy atom. The van der Waals surface area contributed by atoms with Gasteiger partial charge in [-0.2, -0.15) is 0 Å². The lowest BCUT2D eigenvalue weighted by Gasteiger charge is -2.20. The molecule has 0 fully saturated rings. The van der Waals surface area contributed by atoms with Crippen LogP contribution in [0.2, 0.25) is 0 Å². The molecular weight excluding hydrogens is 465 g/mol. The molecule has 0 atom stereocenters. The Bertz CT molecular complexity index is 984. The number of allylic oxidation sites excluding steroid dienone is 1. The highest BCUT2D eigenvalue weighted by Gasteiger charge is 2.22. The maximum Gasteiger partial charge on any atom is 0.334 e. The number of aryl methyl sites for hydroxylation is 1. The minimum Gasteiger partial charge on any atom is -0.292 e. The van der Waals surface area contributed by atoms with Crippen LogP contribution in [-0.2, 0) is 10.0 Å². The van der Waals surface area contributed by atoms with Gasteiger partial charge in [-0.3, -0.25) is 8.43 Å². The van der Waals surface area contributed by atoms with Gasteiger partial charge in [0.2, 0.25) is 0 Å². The predicted octanol–water partition coefficient (Wildman–Crippen LogP) is 3.42. The van der Waals surface area contributed by atoms with Crippen molar-refractivity contribution in [3.05, 3.63) is 72.1 Å². The van der Waals surface area contributed by atoms with E-state index >= 15 is 0 Å². The SMILES string of the molecule is CC1=IN(c2ccccc2)C(NC(=O)NS(=O)(=O)c2ccc(C)cc2)=C1. The molecule has 2 N–H and O–H groups in total. The van der Waals surface area contributed by atoms with Crippen LogP contribution in [0.5, 0.6) is 0 Å². The molecule has 0 aliphatic carbocycles. The van der Waals surface area contributed by atoms with E-state index in [1.54, 1.807) is 12.1 Å². The van der Waals surface area contributed by atoms with Crippen molar-refractivity contribution in [1.82, 2.24) is 10.0 Å². The van der Waals surface area contributed by atoms with E-state index in [1.165, 1.54) is 15.6 Å². The summed E-state index contributed by atoms with van der Waals surface area (Å²) >= 11 is -0.454. The number of hydrogen-bond donors (Lipinski definition) is 2. The van der Waals surface area contributed by atoms with Crippen LogP contribution in [0.4, 0.5) is 10.5 Å². The van der Waals surface area contributed by atoms with Crippen LogP contribution in [-0.4, -0.2) is 18.0 Å². The number of nitrogens with one attached hydrogen (secondary N) is 2. The molecule has 8 heteroatoms. The summed E-state index contributed by atoms with van der Waals surface area (Å²) in [6.45, 7) is 3.86. The number of benzene rings is 2. The van der Waals surface area contributed by atoms with Gasteiger partial charge >= 0.3 is 6.03 Å². The number of carbonyl (C=O) groups excluding carboxylic acids is 1. The molecule has 2 aromatic carbocycles. The second-order valence-corrected chi connectivity index (χ2v) is 10.5. The number of rotatable bonds is 4. The van der Waals surface area contributed by atoms with Gasteiger partial charge < -0.3 is 0 Å².